The number of benzene rings is 2. The fourth-order valence-electron chi connectivity index (χ4n) is 5.58. The van der Waals surface area contributed by atoms with Crippen molar-refractivity contribution in [2.24, 2.45) is 0 Å². The van der Waals surface area contributed by atoms with Crippen molar-refractivity contribution in [2.45, 2.75) is 37.6 Å². The van der Waals surface area contributed by atoms with Crippen LogP contribution in [0.5, 0.6) is 0 Å². The highest BCUT2D eigenvalue weighted by molar-refractivity contribution is 6.10. The number of carbonyl (C=O) groups excluding carboxylic acids is 3. The van der Waals surface area contributed by atoms with Gasteiger partial charge < -0.3 is 9.80 Å². The zero-order valence-corrected chi connectivity index (χ0v) is 21.1. The number of hydrogen-bond acceptors (Lipinski definition) is 5. The Morgan fingerprint density at radius 1 is 0.946 bits per heavy atom. The molecule has 190 valence electrons. The highest BCUT2D eigenvalue weighted by atomic mass is 16.2. The third-order valence-corrected chi connectivity index (χ3v) is 7.57. The van der Waals surface area contributed by atoms with Gasteiger partial charge in [0, 0.05) is 69.1 Å². The third kappa shape index (κ3) is 4.99. The minimum atomic E-state index is -1.18. The summed E-state index contributed by atoms with van der Waals surface area (Å²) in [5.41, 5.74) is 1.50. The van der Waals surface area contributed by atoms with Crippen LogP contribution in [0, 0.1) is 0 Å². The van der Waals surface area contributed by atoms with Gasteiger partial charge in [0.25, 0.3) is 0 Å². The Balaban J connectivity index is 1.35. The molecule has 2 atom stereocenters. The van der Waals surface area contributed by atoms with Crippen LogP contribution < -0.4 is 4.90 Å². The zero-order valence-electron chi connectivity index (χ0n) is 21.1. The molecule has 2 unspecified atom stereocenters. The Morgan fingerprint density at radius 3 is 2.32 bits per heavy atom. The molecular formula is C30H32N4O3. The second kappa shape index (κ2) is 10.5. The summed E-state index contributed by atoms with van der Waals surface area (Å²) in [5, 5.41) is 0. The van der Waals surface area contributed by atoms with Crippen molar-refractivity contribution >= 4 is 23.4 Å². The summed E-state index contributed by atoms with van der Waals surface area (Å²) in [5.74, 6) is -0.611. The number of para-hydroxylation sites is 1. The van der Waals surface area contributed by atoms with Crippen molar-refractivity contribution < 1.29 is 14.4 Å². The monoisotopic (exact) mass is 496 g/mol. The second-order valence-electron chi connectivity index (χ2n) is 9.94. The van der Waals surface area contributed by atoms with Crippen LogP contribution in [0.15, 0.2) is 85.1 Å². The minimum absolute atomic E-state index is 0.00215. The third-order valence-electron chi connectivity index (χ3n) is 7.57. The number of piperazine rings is 1. The molecule has 2 aliphatic rings. The number of aromatic nitrogens is 1. The molecule has 0 aliphatic carbocycles. The maximum Gasteiger partial charge on any atom is 0.240 e. The van der Waals surface area contributed by atoms with E-state index in [0.717, 1.165) is 30.0 Å². The summed E-state index contributed by atoms with van der Waals surface area (Å²) in [6.07, 6.45) is 2.17. The van der Waals surface area contributed by atoms with Gasteiger partial charge in [-0.25, -0.2) is 0 Å². The molecule has 5 rings (SSSR count). The summed E-state index contributed by atoms with van der Waals surface area (Å²) in [4.78, 5) is 50.6. The molecule has 0 saturated carbocycles. The predicted octanol–water partition coefficient (Wildman–Crippen LogP) is 3.45. The average molecular weight is 497 g/mol. The van der Waals surface area contributed by atoms with Gasteiger partial charge in [0.05, 0.1) is 5.41 Å². The summed E-state index contributed by atoms with van der Waals surface area (Å²) in [6.45, 7) is 4.32. The predicted molar refractivity (Wildman–Crippen MR) is 142 cm³/mol. The average Bonchev–Trinajstić information content (AvgIpc) is 3.17. The zero-order chi connectivity index (χ0) is 25.8. The first-order chi connectivity index (χ1) is 18.0. The molecule has 37 heavy (non-hydrogen) atoms. The first kappa shape index (κ1) is 24.7. The summed E-state index contributed by atoms with van der Waals surface area (Å²) in [6, 6.07) is 25.1. The summed E-state index contributed by atoms with van der Waals surface area (Å²) >= 11 is 0. The molecule has 2 aliphatic heterocycles. The quantitative estimate of drug-likeness (QED) is 0.469. The minimum Gasteiger partial charge on any atom is -0.368 e. The van der Waals surface area contributed by atoms with Crippen LogP contribution in [0.4, 0.5) is 5.69 Å². The first-order valence-corrected chi connectivity index (χ1v) is 12.9. The van der Waals surface area contributed by atoms with Gasteiger partial charge in [-0.15, -0.1) is 0 Å². The van der Waals surface area contributed by atoms with Crippen molar-refractivity contribution in [1.29, 1.82) is 0 Å². The van der Waals surface area contributed by atoms with Gasteiger partial charge in [0.2, 0.25) is 17.7 Å². The first-order valence-electron chi connectivity index (χ1n) is 12.9. The van der Waals surface area contributed by atoms with E-state index in [9.17, 15) is 14.4 Å². The molecule has 3 aromatic rings. The number of pyridine rings is 1. The fraction of sp³-hybridized carbons (Fsp3) is 0.333. The van der Waals surface area contributed by atoms with E-state index in [-0.39, 0.29) is 43.1 Å². The topological polar surface area (TPSA) is 73.8 Å². The molecular weight excluding hydrogens is 464 g/mol. The molecule has 3 amide bonds. The van der Waals surface area contributed by atoms with E-state index in [4.69, 9.17) is 0 Å². The summed E-state index contributed by atoms with van der Waals surface area (Å²) in [7, 11) is 0. The lowest BCUT2D eigenvalue weighted by Crippen LogP contribution is -2.55. The molecule has 0 radical (unpaired) electrons. The highest BCUT2D eigenvalue weighted by Gasteiger charge is 2.54. The molecule has 2 aromatic carbocycles. The number of carbonyl (C=O) groups is 3. The number of anilines is 1. The van der Waals surface area contributed by atoms with E-state index in [1.807, 2.05) is 78.6 Å². The fourth-order valence-corrected chi connectivity index (χ4v) is 5.58. The molecule has 0 N–H and O–H groups in total. The van der Waals surface area contributed by atoms with Crippen molar-refractivity contribution in [3.63, 3.8) is 0 Å². The van der Waals surface area contributed by atoms with Crippen molar-refractivity contribution in [1.82, 2.24) is 14.8 Å². The summed E-state index contributed by atoms with van der Waals surface area (Å²) < 4.78 is 0. The molecule has 2 saturated heterocycles. The number of likely N-dealkylation sites (tertiary alicyclic amines) is 1. The molecule has 0 spiro atoms. The van der Waals surface area contributed by atoms with Gasteiger partial charge in [-0.05, 0) is 36.8 Å². The lowest BCUT2D eigenvalue weighted by Gasteiger charge is -2.42. The van der Waals surface area contributed by atoms with Gasteiger partial charge in [0.1, 0.15) is 0 Å². The lowest BCUT2D eigenvalue weighted by molar-refractivity contribution is -0.143. The van der Waals surface area contributed by atoms with E-state index < -0.39 is 5.41 Å². The van der Waals surface area contributed by atoms with E-state index in [0.29, 0.717) is 13.0 Å². The van der Waals surface area contributed by atoms with Crippen LogP contribution in [-0.4, -0.2) is 64.7 Å². The molecule has 7 nitrogen and oxygen atoms in total. The number of hydrogen-bond donors (Lipinski definition) is 0. The van der Waals surface area contributed by atoms with Gasteiger partial charge in [0.15, 0.2) is 0 Å². The number of rotatable bonds is 7. The van der Waals surface area contributed by atoms with E-state index in [1.165, 1.54) is 4.90 Å². The number of amides is 3. The van der Waals surface area contributed by atoms with Crippen LogP contribution in [-0.2, 0) is 26.2 Å². The van der Waals surface area contributed by atoms with Crippen molar-refractivity contribution in [2.75, 3.05) is 31.1 Å². The van der Waals surface area contributed by atoms with Crippen LogP contribution >= 0.6 is 0 Å². The van der Waals surface area contributed by atoms with Gasteiger partial charge >= 0.3 is 0 Å². The molecule has 7 heteroatoms. The van der Waals surface area contributed by atoms with Crippen molar-refractivity contribution in [3.8, 4) is 0 Å². The van der Waals surface area contributed by atoms with E-state index in [2.05, 4.69) is 22.0 Å². The normalized spacial score (nSPS) is 22.0. The van der Waals surface area contributed by atoms with Gasteiger partial charge in [-0.1, -0.05) is 54.6 Å². The second-order valence-corrected chi connectivity index (χ2v) is 9.94. The van der Waals surface area contributed by atoms with Gasteiger partial charge in [-0.2, -0.15) is 0 Å². The van der Waals surface area contributed by atoms with E-state index >= 15 is 0 Å². The smallest absolute Gasteiger partial charge is 0.240 e. The Kier molecular flexibility index (Phi) is 7.04. The van der Waals surface area contributed by atoms with Crippen LogP contribution in [0.1, 0.15) is 31.0 Å². The molecule has 1 aromatic heterocycles. The maximum absolute atomic E-state index is 13.9. The van der Waals surface area contributed by atoms with Crippen molar-refractivity contribution in [3.05, 3.63) is 96.3 Å². The van der Waals surface area contributed by atoms with E-state index in [1.54, 1.807) is 6.20 Å². The molecule has 0 bridgehead atoms. The Hall–Kier alpha value is -4.00. The standard InChI is InChI=1S/C30H32N4O3/c1-23-22-32(26-13-6-3-7-14-26)18-19-33(23)27(35)20-30(24-10-4-2-5-11-24)21-28(36)34(29(30)37)17-15-25-12-8-9-16-31-25/h2-14,16,23H,15,17-22H2,1H3. The highest BCUT2D eigenvalue weighted by Crippen LogP contribution is 2.40. The Morgan fingerprint density at radius 2 is 1.65 bits per heavy atom. The Bertz CT molecular complexity index is 1250. The molecule has 3 heterocycles. The Labute approximate surface area is 217 Å². The SMILES string of the molecule is CC1CN(c2ccccc2)CCN1C(=O)CC1(c2ccccc2)CC(=O)N(CCc2ccccn2)C1=O. The molecule has 2 fully saturated rings. The van der Waals surface area contributed by atoms with Crippen LogP contribution in [0.2, 0.25) is 0 Å². The van der Waals surface area contributed by atoms with Crippen LogP contribution in [0.25, 0.3) is 0 Å². The van der Waals surface area contributed by atoms with Crippen LogP contribution in [0.3, 0.4) is 0 Å². The number of nitrogens with zero attached hydrogens (tertiary/aromatic N) is 4. The maximum atomic E-state index is 13.9. The largest absolute Gasteiger partial charge is 0.368 e. The lowest BCUT2D eigenvalue weighted by atomic mass is 9.75. The number of imide groups is 1. The van der Waals surface area contributed by atoms with Gasteiger partial charge in [-0.3, -0.25) is 24.3 Å².